The van der Waals surface area contributed by atoms with Crippen LogP contribution in [0, 0.1) is 12.9 Å². The largest absolute Gasteiger partial charge is 0.370 e. The molecule has 0 aliphatic heterocycles. The maximum Gasteiger partial charge on any atom is 0.238 e. The fourth-order valence-electron chi connectivity index (χ4n) is 3.36. The van der Waals surface area contributed by atoms with E-state index in [9.17, 15) is 9.18 Å². The molecule has 0 spiro atoms. The number of hydrogen-bond donors (Lipinski definition) is 0. The maximum absolute atomic E-state index is 14.0. The van der Waals surface area contributed by atoms with Crippen LogP contribution < -0.4 is 0 Å². The molecule has 0 saturated heterocycles. The number of carbonyl (C=O) groups excluding carboxylic acids is 1. The Hall–Kier alpha value is -2.93. The lowest BCUT2D eigenvalue weighted by atomic mass is 10.0. The highest BCUT2D eigenvalue weighted by molar-refractivity contribution is 6.07. The van der Waals surface area contributed by atoms with Crippen LogP contribution in [0.4, 0.5) is 4.39 Å². The van der Waals surface area contributed by atoms with E-state index in [1.165, 1.54) is 10.9 Å². The van der Waals surface area contributed by atoms with Gasteiger partial charge in [0.15, 0.2) is 5.78 Å². The van der Waals surface area contributed by atoms with Crippen LogP contribution in [0.1, 0.15) is 28.5 Å². The Balaban J connectivity index is 1.77. The van der Waals surface area contributed by atoms with Gasteiger partial charge in [-0.2, -0.15) is 4.39 Å². The van der Waals surface area contributed by atoms with E-state index in [1.54, 1.807) is 32.2 Å². The molecule has 0 unspecified atom stereocenters. The van der Waals surface area contributed by atoms with Crippen LogP contribution in [0.2, 0.25) is 0 Å². The molecule has 0 N–H and O–H groups in total. The lowest BCUT2D eigenvalue weighted by Gasteiger charge is -2.19. The number of nitrogens with zero attached hydrogens (tertiary/aromatic N) is 4. The third-order valence-electron chi connectivity index (χ3n) is 4.94. The molecule has 2 aromatic heterocycles. The van der Waals surface area contributed by atoms with Gasteiger partial charge in [-0.15, -0.1) is 5.10 Å². The van der Waals surface area contributed by atoms with E-state index in [2.05, 4.69) is 15.3 Å². The highest BCUT2D eigenvalue weighted by Gasteiger charge is 2.41. The van der Waals surface area contributed by atoms with Crippen molar-refractivity contribution >= 4 is 5.78 Å². The smallest absolute Gasteiger partial charge is 0.238 e. The number of carbonyl (C=O) groups is 1. The van der Waals surface area contributed by atoms with Crippen LogP contribution >= 0.6 is 0 Å². The summed E-state index contributed by atoms with van der Waals surface area (Å²) in [6.07, 6.45) is 1.90. The number of hydrogen-bond acceptors (Lipinski definition) is 5. The number of pyridine rings is 1. The average molecular weight is 352 g/mol. The van der Waals surface area contributed by atoms with Crippen molar-refractivity contribution in [3.05, 3.63) is 59.3 Å². The minimum absolute atomic E-state index is 0.0145. The molecule has 1 aromatic carbocycles. The number of benzene rings is 1. The number of aromatic nitrogens is 4. The lowest BCUT2D eigenvalue weighted by molar-refractivity contribution is 0.0182. The zero-order chi connectivity index (χ0) is 18.5. The first-order valence-electron chi connectivity index (χ1n) is 8.21. The summed E-state index contributed by atoms with van der Waals surface area (Å²) in [6, 6.07) is 8.79. The van der Waals surface area contributed by atoms with Gasteiger partial charge in [0.25, 0.3) is 0 Å². The molecule has 0 radical (unpaired) electrons. The van der Waals surface area contributed by atoms with Crippen molar-refractivity contribution in [2.75, 3.05) is 7.11 Å². The van der Waals surface area contributed by atoms with E-state index in [0.717, 1.165) is 11.1 Å². The SMILES string of the molecule is CO[C@]1(C)Cc2cc(-c3nnn(-c4cccnc4F)c3C)ccc2C1=O. The molecule has 0 saturated carbocycles. The highest BCUT2D eigenvalue weighted by Crippen LogP contribution is 2.35. The predicted octanol–water partition coefficient (Wildman–Crippen LogP) is 2.92. The Morgan fingerprint density at radius 3 is 2.85 bits per heavy atom. The number of fused-ring (bicyclic) bond motifs is 1. The van der Waals surface area contributed by atoms with Gasteiger partial charge < -0.3 is 4.74 Å². The lowest BCUT2D eigenvalue weighted by Crippen LogP contribution is -2.34. The fourth-order valence-corrected chi connectivity index (χ4v) is 3.36. The van der Waals surface area contributed by atoms with E-state index in [4.69, 9.17) is 4.74 Å². The second kappa shape index (κ2) is 5.81. The van der Waals surface area contributed by atoms with Gasteiger partial charge in [-0.1, -0.05) is 17.3 Å². The number of methoxy groups -OCH3 is 1. The Morgan fingerprint density at radius 1 is 1.31 bits per heavy atom. The number of halogens is 1. The van der Waals surface area contributed by atoms with Crippen molar-refractivity contribution in [3.8, 4) is 16.9 Å². The molecule has 1 aliphatic carbocycles. The first-order valence-corrected chi connectivity index (χ1v) is 8.21. The summed E-state index contributed by atoms with van der Waals surface area (Å²) in [4.78, 5) is 16.1. The number of Topliss-reactive ketones (excluding diaryl/α,β-unsaturated/α-hetero) is 1. The number of ether oxygens (including phenoxy) is 1. The predicted molar refractivity (Wildman–Crippen MR) is 92.7 cm³/mol. The summed E-state index contributed by atoms with van der Waals surface area (Å²) in [6.45, 7) is 3.61. The molecule has 4 rings (SSSR count). The van der Waals surface area contributed by atoms with Crippen LogP contribution in [0.25, 0.3) is 16.9 Å². The molecule has 1 aliphatic rings. The zero-order valence-corrected chi connectivity index (χ0v) is 14.7. The highest BCUT2D eigenvalue weighted by atomic mass is 19.1. The molecule has 26 heavy (non-hydrogen) atoms. The monoisotopic (exact) mass is 352 g/mol. The standard InChI is InChI=1S/C19H17FN4O2/c1-11-16(22-23-24(11)15-5-4-8-21-18(15)20)12-6-7-14-13(9-12)10-19(2,26-3)17(14)25/h4-9H,10H2,1-3H3/t19-/m1/s1. The molecule has 2 heterocycles. The first-order chi connectivity index (χ1) is 12.4. The maximum atomic E-state index is 14.0. The first kappa shape index (κ1) is 16.5. The van der Waals surface area contributed by atoms with E-state index >= 15 is 0 Å². The Morgan fingerprint density at radius 2 is 2.12 bits per heavy atom. The molecule has 7 heteroatoms. The van der Waals surface area contributed by atoms with Crippen LogP contribution in [-0.4, -0.2) is 38.5 Å². The summed E-state index contributed by atoms with van der Waals surface area (Å²) >= 11 is 0. The molecule has 6 nitrogen and oxygen atoms in total. The van der Waals surface area contributed by atoms with Crippen molar-refractivity contribution in [2.45, 2.75) is 25.9 Å². The van der Waals surface area contributed by atoms with Crippen molar-refractivity contribution in [2.24, 2.45) is 0 Å². The van der Waals surface area contributed by atoms with E-state index < -0.39 is 11.5 Å². The van der Waals surface area contributed by atoms with Crippen molar-refractivity contribution in [1.82, 2.24) is 20.0 Å². The quantitative estimate of drug-likeness (QED) is 0.678. The topological polar surface area (TPSA) is 69.9 Å². The van der Waals surface area contributed by atoms with Gasteiger partial charge in [0.1, 0.15) is 17.0 Å². The normalized spacial score (nSPS) is 19.0. The molecular formula is C19H17FN4O2. The second-order valence-electron chi connectivity index (χ2n) is 6.56. The molecular weight excluding hydrogens is 335 g/mol. The van der Waals surface area contributed by atoms with Crippen LogP contribution in [-0.2, 0) is 11.2 Å². The second-order valence-corrected chi connectivity index (χ2v) is 6.56. The van der Waals surface area contributed by atoms with E-state index in [-0.39, 0.29) is 11.5 Å². The van der Waals surface area contributed by atoms with Crippen LogP contribution in [0.15, 0.2) is 36.5 Å². The average Bonchev–Trinajstić information content (AvgIpc) is 3.13. The van der Waals surface area contributed by atoms with Crippen LogP contribution in [0.5, 0.6) is 0 Å². The molecule has 3 aromatic rings. The van der Waals surface area contributed by atoms with Crippen molar-refractivity contribution in [1.29, 1.82) is 0 Å². The van der Waals surface area contributed by atoms with Gasteiger partial charge in [0, 0.05) is 30.9 Å². The summed E-state index contributed by atoms with van der Waals surface area (Å²) in [5.41, 5.74) is 3.15. The Labute approximate surface area is 149 Å². The fraction of sp³-hybridized carbons (Fsp3) is 0.263. The minimum Gasteiger partial charge on any atom is -0.370 e. The Bertz CT molecular complexity index is 1030. The Kier molecular flexibility index (Phi) is 3.69. The summed E-state index contributed by atoms with van der Waals surface area (Å²) in [7, 11) is 1.54. The molecule has 0 amide bonds. The van der Waals surface area contributed by atoms with Gasteiger partial charge in [-0.05, 0) is 37.6 Å². The number of ketones is 1. The van der Waals surface area contributed by atoms with Crippen molar-refractivity contribution < 1.29 is 13.9 Å². The number of rotatable bonds is 3. The van der Waals surface area contributed by atoms with Crippen molar-refractivity contribution in [3.63, 3.8) is 0 Å². The third kappa shape index (κ3) is 2.35. The molecule has 0 fully saturated rings. The van der Waals surface area contributed by atoms with Gasteiger partial charge in [-0.25, -0.2) is 9.67 Å². The summed E-state index contributed by atoms with van der Waals surface area (Å²) < 4.78 is 20.8. The van der Waals surface area contributed by atoms with E-state index in [1.807, 2.05) is 19.1 Å². The van der Waals surface area contributed by atoms with E-state index in [0.29, 0.717) is 23.4 Å². The van der Waals surface area contributed by atoms with Crippen LogP contribution in [0.3, 0.4) is 0 Å². The van der Waals surface area contributed by atoms with Gasteiger partial charge in [-0.3, -0.25) is 4.79 Å². The van der Waals surface area contributed by atoms with Gasteiger partial charge in [0.05, 0.1) is 5.69 Å². The molecule has 132 valence electrons. The molecule has 1 atom stereocenters. The van der Waals surface area contributed by atoms with Gasteiger partial charge >= 0.3 is 0 Å². The third-order valence-corrected chi connectivity index (χ3v) is 4.94. The molecule has 0 bridgehead atoms. The minimum atomic E-state index is -0.827. The summed E-state index contributed by atoms with van der Waals surface area (Å²) in [5, 5.41) is 8.28. The van der Waals surface area contributed by atoms with Gasteiger partial charge in [0.2, 0.25) is 5.95 Å². The summed E-state index contributed by atoms with van der Waals surface area (Å²) in [5.74, 6) is -0.623. The zero-order valence-electron chi connectivity index (χ0n) is 14.7.